The smallest absolute Gasteiger partial charge is 0.175 e. The average molecular weight is 329 g/mol. The van der Waals surface area contributed by atoms with Gasteiger partial charge in [-0.1, -0.05) is 35.9 Å². The first-order valence-electron chi connectivity index (χ1n) is 6.68. The van der Waals surface area contributed by atoms with E-state index in [1.807, 2.05) is 36.4 Å². The highest BCUT2D eigenvalue weighted by Crippen LogP contribution is 2.29. The molecule has 0 fully saturated rings. The van der Waals surface area contributed by atoms with Crippen LogP contribution in [0.1, 0.15) is 0 Å². The second-order valence-corrected chi connectivity index (χ2v) is 5.61. The fourth-order valence-electron chi connectivity index (χ4n) is 2.22. The van der Waals surface area contributed by atoms with E-state index in [0.717, 1.165) is 22.1 Å². The second kappa shape index (κ2) is 6.22. The first kappa shape index (κ1) is 14.6. The van der Waals surface area contributed by atoms with Crippen LogP contribution in [-0.2, 0) is 0 Å². The summed E-state index contributed by atoms with van der Waals surface area (Å²) in [6.07, 6.45) is 0. The van der Waals surface area contributed by atoms with Crippen molar-refractivity contribution < 1.29 is 5.11 Å². The first-order chi connectivity index (χ1) is 10.6. The van der Waals surface area contributed by atoms with E-state index in [4.69, 9.17) is 23.8 Å². The lowest BCUT2D eigenvalue weighted by Crippen LogP contribution is -2.19. The number of phenolic OH excluding ortho intramolecular Hbond substituents is 1. The van der Waals surface area contributed by atoms with E-state index in [-0.39, 0.29) is 5.75 Å². The SMILES string of the molecule is Oc1cccc2c(NC(=S)Nc3ccc(Cl)cc3)cccc12. The van der Waals surface area contributed by atoms with Gasteiger partial charge >= 0.3 is 0 Å². The number of fused-ring (bicyclic) bond motifs is 1. The average Bonchev–Trinajstić information content (AvgIpc) is 2.51. The van der Waals surface area contributed by atoms with Crippen LogP contribution < -0.4 is 10.6 Å². The predicted molar refractivity (Wildman–Crippen MR) is 96.9 cm³/mol. The van der Waals surface area contributed by atoms with Gasteiger partial charge in [0.25, 0.3) is 0 Å². The molecule has 3 rings (SSSR count). The van der Waals surface area contributed by atoms with Gasteiger partial charge in [0.1, 0.15) is 5.75 Å². The van der Waals surface area contributed by atoms with Crippen molar-refractivity contribution in [2.75, 3.05) is 10.6 Å². The van der Waals surface area contributed by atoms with Crippen LogP contribution in [-0.4, -0.2) is 10.2 Å². The third-order valence-corrected chi connectivity index (χ3v) is 3.71. The van der Waals surface area contributed by atoms with Crippen LogP contribution >= 0.6 is 23.8 Å². The molecule has 0 heterocycles. The van der Waals surface area contributed by atoms with Gasteiger partial charge < -0.3 is 15.7 Å². The predicted octanol–water partition coefficient (Wildman–Crippen LogP) is 5.01. The van der Waals surface area contributed by atoms with Crippen molar-refractivity contribution >= 4 is 51.1 Å². The lowest BCUT2D eigenvalue weighted by molar-refractivity contribution is 0.481. The van der Waals surface area contributed by atoms with E-state index in [1.54, 1.807) is 24.3 Å². The Morgan fingerprint density at radius 3 is 2.32 bits per heavy atom. The number of benzene rings is 3. The van der Waals surface area contributed by atoms with Crippen molar-refractivity contribution in [3.05, 3.63) is 65.7 Å². The summed E-state index contributed by atoms with van der Waals surface area (Å²) in [5.74, 6) is 0.248. The Morgan fingerprint density at radius 1 is 0.864 bits per heavy atom. The first-order valence-corrected chi connectivity index (χ1v) is 7.46. The normalized spacial score (nSPS) is 10.4. The van der Waals surface area contributed by atoms with Crippen LogP contribution in [0.5, 0.6) is 5.75 Å². The van der Waals surface area contributed by atoms with Crippen LogP contribution in [0.3, 0.4) is 0 Å². The Bertz CT molecular complexity index is 834. The number of aromatic hydroxyl groups is 1. The Labute approximate surface area is 138 Å². The summed E-state index contributed by atoms with van der Waals surface area (Å²) in [7, 11) is 0. The molecule has 3 aromatic rings. The molecule has 3 nitrogen and oxygen atoms in total. The molecule has 0 atom stereocenters. The molecule has 0 radical (unpaired) electrons. The fraction of sp³-hybridized carbons (Fsp3) is 0. The maximum Gasteiger partial charge on any atom is 0.175 e. The number of hydrogen-bond donors (Lipinski definition) is 3. The van der Waals surface area contributed by atoms with Crippen LogP contribution in [0.15, 0.2) is 60.7 Å². The van der Waals surface area contributed by atoms with Gasteiger partial charge in [-0.25, -0.2) is 0 Å². The fourth-order valence-corrected chi connectivity index (χ4v) is 2.57. The number of nitrogens with one attached hydrogen (secondary N) is 2. The summed E-state index contributed by atoms with van der Waals surface area (Å²) >= 11 is 11.2. The number of halogens is 1. The van der Waals surface area contributed by atoms with Crippen molar-refractivity contribution in [2.45, 2.75) is 0 Å². The minimum atomic E-state index is 0.248. The zero-order valence-electron chi connectivity index (χ0n) is 11.5. The second-order valence-electron chi connectivity index (χ2n) is 4.76. The summed E-state index contributed by atoms with van der Waals surface area (Å²) in [5, 5.41) is 19.0. The van der Waals surface area contributed by atoms with Crippen LogP contribution in [0, 0.1) is 0 Å². The zero-order chi connectivity index (χ0) is 15.5. The molecule has 0 saturated carbocycles. The number of phenols is 1. The van der Waals surface area contributed by atoms with E-state index < -0.39 is 0 Å². The molecular weight excluding hydrogens is 316 g/mol. The topological polar surface area (TPSA) is 44.3 Å². The molecule has 0 aromatic heterocycles. The Hall–Kier alpha value is -2.30. The third kappa shape index (κ3) is 3.13. The molecule has 5 heteroatoms. The molecular formula is C17H13ClN2OS. The number of anilines is 2. The molecule has 0 amide bonds. The maximum atomic E-state index is 9.90. The van der Waals surface area contributed by atoms with E-state index in [1.165, 1.54) is 0 Å². The monoisotopic (exact) mass is 328 g/mol. The van der Waals surface area contributed by atoms with Crippen molar-refractivity contribution in [3.8, 4) is 5.75 Å². The summed E-state index contributed by atoms with van der Waals surface area (Å²) in [4.78, 5) is 0. The van der Waals surface area contributed by atoms with Gasteiger partial charge in [-0.2, -0.15) is 0 Å². The summed E-state index contributed by atoms with van der Waals surface area (Å²) < 4.78 is 0. The quantitative estimate of drug-likeness (QED) is 0.579. The van der Waals surface area contributed by atoms with Crippen molar-refractivity contribution in [1.82, 2.24) is 0 Å². The Morgan fingerprint density at radius 2 is 1.55 bits per heavy atom. The molecule has 0 saturated heterocycles. The highest BCUT2D eigenvalue weighted by molar-refractivity contribution is 7.80. The molecule has 0 bridgehead atoms. The van der Waals surface area contributed by atoms with Gasteiger partial charge in [-0.05, 0) is 48.6 Å². The van der Waals surface area contributed by atoms with Gasteiger partial charge in [0.2, 0.25) is 0 Å². The standard InChI is InChI=1S/C17H13ClN2OS/c18-11-7-9-12(10-8-11)19-17(22)20-15-5-1-4-14-13(15)3-2-6-16(14)21/h1-10,21H,(H2,19,20,22). The van der Waals surface area contributed by atoms with E-state index in [9.17, 15) is 5.11 Å². The maximum absolute atomic E-state index is 9.90. The molecule has 0 aliphatic rings. The number of rotatable bonds is 2. The van der Waals surface area contributed by atoms with E-state index in [2.05, 4.69) is 10.6 Å². The van der Waals surface area contributed by atoms with Crippen LogP contribution in [0.25, 0.3) is 10.8 Å². The number of hydrogen-bond acceptors (Lipinski definition) is 2. The van der Waals surface area contributed by atoms with Gasteiger partial charge in [-0.15, -0.1) is 0 Å². The summed E-state index contributed by atoms with van der Waals surface area (Å²) in [5.41, 5.74) is 1.69. The summed E-state index contributed by atoms with van der Waals surface area (Å²) in [6.45, 7) is 0. The Kier molecular flexibility index (Phi) is 4.13. The van der Waals surface area contributed by atoms with Gasteiger partial charge in [0, 0.05) is 27.2 Å². The zero-order valence-corrected chi connectivity index (χ0v) is 13.1. The van der Waals surface area contributed by atoms with Gasteiger partial charge in [0.15, 0.2) is 5.11 Å². The van der Waals surface area contributed by atoms with E-state index in [0.29, 0.717) is 10.1 Å². The van der Waals surface area contributed by atoms with Crippen LogP contribution in [0.2, 0.25) is 5.02 Å². The highest BCUT2D eigenvalue weighted by atomic mass is 35.5. The molecule has 110 valence electrons. The highest BCUT2D eigenvalue weighted by Gasteiger charge is 2.05. The summed E-state index contributed by atoms with van der Waals surface area (Å²) in [6, 6.07) is 18.3. The minimum absolute atomic E-state index is 0.248. The van der Waals surface area contributed by atoms with Crippen molar-refractivity contribution in [1.29, 1.82) is 0 Å². The molecule has 0 unspecified atom stereocenters. The lowest BCUT2D eigenvalue weighted by Gasteiger charge is -2.13. The molecule has 22 heavy (non-hydrogen) atoms. The minimum Gasteiger partial charge on any atom is -0.507 e. The molecule has 3 N–H and O–H groups in total. The third-order valence-electron chi connectivity index (χ3n) is 3.25. The van der Waals surface area contributed by atoms with Gasteiger partial charge in [-0.3, -0.25) is 0 Å². The van der Waals surface area contributed by atoms with Crippen molar-refractivity contribution in [2.24, 2.45) is 0 Å². The molecule has 0 aliphatic heterocycles. The molecule has 3 aromatic carbocycles. The van der Waals surface area contributed by atoms with Crippen molar-refractivity contribution in [3.63, 3.8) is 0 Å². The largest absolute Gasteiger partial charge is 0.507 e. The number of thiocarbonyl (C=S) groups is 1. The lowest BCUT2D eigenvalue weighted by atomic mass is 10.1. The van der Waals surface area contributed by atoms with Crippen LogP contribution in [0.4, 0.5) is 11.4 Å². The molecule has 0 aliphatic carbocycles. The Balaban J connectivity index is 1.82. The molecule has 0 spiro atoms. The van der Waals surface area contributed by atoms with E-state index >= 15 is 0 Å². The van der Waals surface area contributed by atoms with Gasteiger partial charge in [0.05, 0.1) is 0 Å².